The maximum absolute atomic E-state index is 11.6. The van der Waals surface area contributed by atoms with Gasteiger partial charge in [-0.2, -0.15) is 9.98 Å². The van der Waals surface area contributed by atoms with Crippen molar-refractivity contribution in [3.05, 3.63) is 24.3 Å². The van der Waals surface area contributed by atoms with Crippen LogP contribution >= 0.6 is 0 Å². The lowest BCUT2D eigenvalue weighted by Crippen LogP contribution is -2.23. The summed E-state index contributed by atoms with van der Waals surface area (Å²) in [5.41, 5.74) is 0. The van der Waals surface area contributed by atoms with E-state index in [1.54, 1.807) is 6.07 Å². The number of sulfonamides is 1. The van der Waals surface area contributed by atoms with Crippen molar-refractivity contribution in [3.63, 3.8) is 0 Å². The molecule has 2 N–H and O–H groups in total. The van der Waals surface area contributed by atoms with E-state index >= 15 is 0 Å². The smallest absolute Gasteiger partial charge is 0.341 e. The Morgan fingerprint density at radius 2 is 2.00 bits per heavy atom. The number of benzene rings is 1. The van der Waals surface area contributed by atoms with E-state index in [0.29, 0.717) is 0 Å². The molecule has 18 heavy (non-hydrogen) atoms. The van der Waals surface area contributed by atoms with E-state index in [9.17, 15) is 13.2 Å². The van der Waals surface area contributed by atoms with Gasteiger partial charge in [0.1, 0.15) is 5.75 Å². The van der Waals surface area contributed by atoms with Crippen molar-refractivity contribution in [3.8, 4) is 11.8 Å². The van der Waals surface area contributed by atoms with Gasteiger partial charge in [0.05, 0.1) is 17.5 Å². The molecule has 0 radical (unpaired) electrons. The van der Waals surface area contributed by atoms with Gasteiger partial charge in [0.15, 0.2) is 6.61 Å². The minimum absolute atomic E-state index is 0.0274. The lowest BCUT2D eigenvalue weighted by molar-refractivity contribution is -0.139. The zero-order chi connectivity index (χ0) is 13.6. The van der Waals surface area contributed by atoms with Crippen LogP contribution in [0.3, 0.4) is 0 Å². The predicted octanol–water partition coefficient (Wildman–Crippen LogP) is -0.0481. The van der Waals surface area contributed by atoms with Crippen molar-refractivity contribution in [1.82, 2.24) is 4.72 Å². The molecule has 0 spiro atoms. The molecule has 7 nitrogen and oxygen atoms in total. The Bertz CT molecular complexity index is 559. The van der Waals surface area contributed by atoms with Crippen LogP contribution in [-0.2, 0) is 14.8 Å². The Morgan fingerprint density at radius 1 is 1.39 bits per heavy atom. The zero-order valence-corrected chi connectivity index (χ0v) is 9.98. The fourth-order valence-electron chi connectivity index (χ4n) is 1.07. The topological polar surface area (TPSA) is 116 Å². The molecule has 0 aliphatic carbocycles. The average Bonchev–Trinajstić information content (AvgIpc) is 2.34. The lowest BCUT2D eigenvalue weighted by atomic mass is 10.3. The van der Waals surface area contributed by atoms with Crippen LogP contribution in [0.25, 0.3) is 0 Å². The number of aliphatic carboxylic acids is 1. The van der Waals surface area contributed by atoms with E-state index in [4.69, 9.17) is 15.1 Å². The number of hydrogen-bond donors (Lipinski definition) is 2. The highest BCUT2D eigenvalue weighted by atomic mass is 32.2. The Balaban J connectivity index is 2.77. The number of rotatable bonds is 6. The second-order valence-corrected chi connectivity index (χ2v) is 4.90. The van der Waals surface area contributed by atoms with Gasteiger partial charge in [-0.05, 0) is 24.3 Å². The van der Waals surface area contributed by atoms with Crippen LogP contribution in [0.5, 0.6) is 5.75 Å². The van der Waals surface area contributed by atoms with Crippen molar-refractivity contribution in [2.75, 3.05) is 13.2 Å². The molecule has 1 rings (SSSR count). The first-order chi connectivity index (χ1) is 8.45. The molecule has 0 amide bonds. The van der Waals surface area contributed by atoms with Crippen LogP contribution in [0.4, 0.5) is 0 Å². The second kappa shape index (κ2) is 6.00. The molecule has 0 saturated heterocycles. The summed E-state index contributed by atoms with van der Waals surface area (Å²) in [5, 5.41) is 16.7. The monoisotopic (exact) mass is 270 g/mol. The molecular weight excluding hydrogens is 260 g/mol. The third-order valence-electron chi connectivity index (χ3n) is 1.84. The van der Waals surface area contributed by atoms with E-state index < -0.39 is 22.6 Å². The minimum Gasteiger partial charge on any atom is -0.482 e. The normalized spacial score (nSPS) is 10.6. The highest BCUT2D eigenvalue weighted by molar-refractivity contribution is 7.89. The Morgan fingerprint density at radius 3 is 2.50 bits per heavy atom. The highest BCUT2D eigenvalue weighted by Gasteiger charge is 2.13. The molecule has 0 unspecified atom stereocenters. The summed E-state index contributed by atoms with van der Waals surface area (Å²) >= 11 is 0. The molecule has 8 heteroatoms. The number of nitriles is 1. The van der Waals surface area contributed by atoms with Crippen molar-refractivity contribution >= 4 is 16.0 Å². The lowest BCUT2D eigenvalue weighted by Gasteiger charge is -2.05. The van der Waals surface area contributed by atoms with Crippen molar-refractivity contribution in [2.24, 2.45) is 0 Å². The second-order valence-electron chi connectivity index (χ2n) is 3.14. The van der Waals surface area contributed by atoms with E-state index in [2.05, 4.69) is 4.72 Å². The van der Waals surface area contributed by atoms with Crippen molar-refractivity contribution in [2.45, 2.75) is 4.90 Å². The molecule has 0 atom stereocenters. The SMILES string of the molecule is N#CCNS(=O)(=O)c1ccc(OCC(=O)O)cc1. The maximum Gasteiger partial charge on any atom is 0.341 e. The molecule has 96 valence electrons. The van der Waals surface area contributed by atoms with E-state index in [-0.39, 0.29) is 17.2 Å². The van der Waals surface area contributed by atoms with Gasteiger partial charge in [-0.3, -0.25) is 0 Å². The van der Waals surface area contributed by atoms with E-state index in [1.807, 2.05) is 0 Å². The summed E-state index contributed by atoms with van der Waals surface area (Å²) in [6.07, 6.45) is 0. The number of ether oxygens (including phenoxy) is 1. The number of nitrogens with zero attached hydrogens (tertiary/aromatic N) is 1. The summed E-state index contributed by atoms with van der Waals surface area (Å²) in [6, 6.07) is 6.85. The van der Waals surface area contributed by atoms with Gasteiger partial charge >= 0.3 is 5.97 Å². The zero-order valence-electron chi connectivity index (χ0n) is 9.16. The van der Waals surface area contributed by atoms with Crippen molar-refractivity contribution < 1.29 is 23.1 Å². The van der Waals surface area contributed by atoms with Gasteiger partial charge in [-0.15, -0.1) is 0 Å². The van der Waals surface area contributed by atoms with Gasteiger partial charge in [0.25, 0.3) is 0 Å². The van der Waals surface area contributed by atoms with Crippen LogP contribution in [-0.4, -0.2) is 32.6 Å². The minimum atomic E-state index is -3.71. The largest absolute Gasteiger partial charge is 0.482 e. The third kappa shape index (κ3) is 4.04. The molecule has 0 bridgehead atoms. The molecule has 0 fully saturated rings. The van der Waals surface area contributed by atoms with Crippen LogP contribution in [0.2, 0.25) is 0 Å². The fraction of sp³-hybridized carbons (Fsp3) is 0.200. The molecule has 0 aliphatic rings. The molecule has 0 aliphatic heterocycles. The van der Waals surface area contributed by atoms with E-state index in [0.717, 1.165) is 0 Å². The Labute approximate surface area is 104 Å². The first kappa shape index (κ1) is 14.0. The third-order valence-corrected chi connectivity index (χ3v) is 3.25. The van der Waals surface area contributed by atoms with Crippen LogP contribution in [0, 0.1) is 11.3 Å². The first-order valence-electron chi connectivity index (χ1n) is 4.77. The highest BCUT2D eigenvalue weighted by Crippen LogP contribution is 2.15. The summed E-state index contributed by atoms with van der Waals surface area (Å²) in [5.74, 6) is -0.876. The summed E-state index contributed by atoms with van der Waals surface area (Å²) in [6.45, 7) is -0.821. The number of nitrogens with one attached hydrogen (secondary N) is 1. The fourth-order valence-corrected chi connectivity index (χ4v) is 1.99. The summed E-state index contributed by atoms with van der Waals surface area (Å²) in [7, 11) is -3.71. The quantitative estimate of drug-likeness (QED) is 0.700. The number of carbonyl (C=O) groups is 1. The van der Waals surface area contributed by atoms with E-state index in [1.165, 1.54) is 24.3 Å². The van der Waals surface area contributed by atoms with Gasteiger partial charge in [0, 0.05) is 0 Å². The van der Waals surface area contributed by atoms with Crippen LogP contribution < -0.4 is 9.46 Å². The van der Waals surface area contributed by atoms with Gasteiger partial charge in [-0.1, -0.05) is 0 Å². The van der Waals surface area contributed by atoms with Crippen LogP contribution in [0.1, 0.15) is 0 Å². The Hall–Kier alpha value is -2.11. The molecule has 0 aromatic heterocycles. The molecule has 0 heterocycles. The van der Waals surface area contributed by atoms with Gasteiger partial charge < -0.3 is 9.84 Å². The first-order valence-corrected chi connectivity index (χ1v) is 6.25. The van der Waals surface area contributed by atoms with Crippen molar-refractivity contribution in [1.29, 1.82) is 5.26 Å². The van der Waals surface area contributed by atoms with Gasteiger partial charge in [0.2, 0.25) is 10.0 Å². The predicted molar refractivity (Wildman–Crippen MR) is 60.4 cm³/mol. The molecule has 1 aromatic carbocycles. The summed E-state index contributed by atoms with van der Waals surface area (Å²) in [4.78, 5) is 10.2. The summed E-state index contributed by atoms with van der Waals surface area (Å²) < 4.78 is 30.1. The number of hydrogen-bond acceptors (Lipinski definition) is 5. The average molecular weight is 270 g/mol. The maximum atomic E-state index is 11.6. The standard InChI is InChI=1S/C10H10N2O5S/c11-5-6-12-18(15,16)9-3-1-8(2-4-9)17-7-10(13)14/h1-4,12H,6-7H2,(H,13,14). The van der Waals surface area contributed by atoms with Gasteiger partial charge in [-0.25, -0.2) is 13.2 Å². The molecular formula is C10H10N2O5S. The number of carboxylic acids is 1. The molecule has 0 saturated carbocycles. The Kier molecular flexibility index (Phi) is 4.65. The molecule has 1 aromatic rings. The van der Waals surface area contributed by atoms with Crippen LogP contribution in [0.15, 0.2) is 29.2 Å². The number of carboxylic acid groups (broad SMARTS) is 1.